The van der Waals surface area contributed by atoms with Gasteiger partial charge in [-0.25, -0.2) is 0 Å². The van der Waals surface area contributed by atoms with E-state index < -0.39 is 11.6 Å². The van der Waals surface area contributed by atoms with Gasteiger partial charge in [0.25, 0.3) is 0 Å². The summed E-state index contributed by atoms with van der Waals surface area (Å²) in [6.07, 6.45) is 20.5. The van der Waals surface area contributed by atoms with E-state index in [0.717, 1.165) is 76.4 Å². The topological polar surface area (TPSA) is 93.1 Å². The zero-order chi connectivity index (χ0) is 34.4. The molecule has 10 atom stereocenters. The van der Waals surface area contributed by atoms with E-state index in [4.69, 9.17) is 6.42 Å². The van der Waals surface area contributed by atoms with Gasteiger partial charge in [-0.3, -0.25) is 14.5 Å². The Hall–Kier alpha value is -2.40. The summed E-state index contributed by atoms with van der Waals surface area (Å²) >= 11 is 0. The number of terminal acetylenes is 1. The third-order valence-corrected chi connectivity index (χ3v) is 15.3. The summed E-state index contributed by atoms with van der Waals surface area (Å²) in [5.41, 5.74) is 0.0274. The van der Waals surface area contributed by atoms with Crippen molar-refractivity contribution in [3.63, 3.8) is 0 Å². The average molecular weight is 672 g/mol. The van der Waals surface area contributed by atoms with E-state index in [2.05, 4.69) is 30.0 Å². The van der Waals surface area contributed by atoms with Crippen LogP contribution < -0.4 is 5.32 Å². The normalized spacial score (nSPS) is 40.3. The molecule has 0 bridgehead atoms. The van der Waals surface area contributed by atoms with Crippen LogP contribution in [0.4, 0.5) is 0 Å². The standard InChI is InChI=1S/C42H61N3O4/c1-4-42(49)20-18-34-32-16-15-31-27-37(46)36(28-40(31,2)33(32)17-19-41(34,42)3)44-21-23-45(24-22-44)39(48)35(25-29-11-7-5-8-12-29)43-38(47)26-30-13-9-6-10-14-30/h1,5,7-8,11-12,30-37,46,49H,6,9-10,13-28H2,2-3H3,(H,43,47)/t31?,32-,33+,34+,35+,36+,37+,40+,41+,42+/m1/s1. The average Bonchev–Trinajstić information content (AvgIpc) is 3.39. The fourth-order valence-electron chi connectivity index (χ4n) is 12.4. The molecular weight excluding hydrogens is 610 g/mol. The van der Waals surface area contributed by atoms with E-state index in [1.54, 1.807) is 0 Å². The first-order valence-electron chi connectivity index (χ1n) is 19.8. The second kappa shape index (κ2) is 14.0. The van der Waals surface area contributed by atoms with Crippen molar-refractivity contribution in [2.75, 3.05) is 26.2 Å². The van der Waals surface area contributed by atoms with Crippen molar-refractivity contribution in [2.24, 2.45) is 40.4 Å². The quantitative estimate of drug-likeness (QED) is 0.330. The number of hydrogen-bond acceptors (Lipinski definition) is 5. The molecule has 2 amide bonds. The van der Waals surface area contributed by atoms with Gasteiger partial charge in [-0.1, -0.05) is 69.4 Å². The number of aliphatic hydroxyl groups is 2. The van der Waals surface area contributed by atoms with Crippen molar-refractivity contribution >= 4 is 11.8 Å². The van der Waals surface area contributed by atoms with Crippen LogP contribution in [0, 0.1) is 52.8 Å². The molecule has 0 radical (unpaired) electrons. The number of carbonyl (C=O) groups is 2. The zero-order valence-corrected chi connectivity index (χ0v) is 30.1. The molecule has 7 heteroatoms. The zero-order valence-electron chi connectivity index (χ0n) is 30.1. The van der Waals surface area contributed by atoms with Gasteiger partial charge in [0.15, 0.2) is 0 Å². The van der Waals surface area contributed by atoms with Crippen molar-refractivity contribution < 1.29 is 19.8 Å². The highest BCUT2D eigenvalue weighted by atomic mass is 16.3. The molecule has 1 unspecified atom stereocenters. The van der Waals surface area contributed by atoms with Gasteiger partial charge in [0, 0.05) is 50.5 Å². The maximum absolute atomic E-state index is 14.1. The summed E-state index contributed by atoms with van der Waals surface area (Å²) in [5.74, 6) is 5.44. The number of amides is 2. The Morgan fingerprint density at radius 3 is 2.39 bits per heavy atom. The van der Waals surface area contributed by atoms with Crippen molar-refractivity contribution in [2.45, 2.75) is 134 Å². The fourth-order valence-corrected chi connectivity index (χ4v) is 12.4. The van der Waals surface area contributed by atoms with Crippen molar-refractivity contribution in [1.29, 1.82) is 0 Å². The lowest BCUT2D eigenvalue weighted by Crippen LogP contribution is -2.63. The van der Waals surface area contributed by atoms with E-state index in [1.807, 2.05) is 35.2 Å². The van der Waals surface area contributed by atoms with Gasteiger partial charge in [0.05, 0.1) is 6.10 Å². The minimum Gasteiger partial charge on any atom is -0.391 e. The van der Waals surface area contributed by atoms with Crippen LogP contribution in [0.1, 0.15) is 109 Å². The maximum atomic E-state index is 14.1. The Kier molecular flexibility index (Phi) is 9.98. The van der Waals surface area contributed by atoms with Crippen LogP contribution in [-0.4, -0.2) is 81.8 Å². The van der Waals surface area contributed by atoms with Gasteiger partial charge in [-0.15, -0.1) is 6.42 Å². The molecule has 0 aromatic heterocycles. The minimum absolute atomic E-state index is 0.00308. The van der Waals surface area contributed by atoms with Crippen molar-refractivity contribution in [1.82, 2.24) is 15.1 Å². The number of rotatable bonds is 7. The molecule has 7 nitrogen and oxygen atoms in total. The molecule has 7 rings (SSSR count). The summed E-state index contributed by atoms with van der Waals surface area (Å²) in [7, 11) is 0. The first kappa shape index (κ1) is 35.0. The Labute approximate surface area is 295 Å². The monoisotopic (exact) mass is 671 g/mol. The summed E-state index contributed by atoms with van der Waals surface area (Å²) < 4.78 is 0. The predicted molar refractivity (Wildman–Crippen MR) is 192 cm³/mol. The molecule has 1 saturated heterocycles. The molecule has 6 aliphatic rings. The van der Waals surface area contributed by atoms with Crippen LogP contribution in [-0.2, 0) is 16.0 Å². The summed E-state index contributed by atoms with van der Waals surface area (Å²) in [6, 6.07) is 9.56. The van der Waals surface area contributed by atoms with Gasteiger partial charge in [-0.2, -0.15) is 0 Å². The van der Waals surface area contributed by atoms with Gasteiger partial charge in [0.1, 0.15) is 11.6 Å². The molecule has 5 aliphatic carbocycles. The van der Waals surface area contributed by atoms with Gasteiger partial charge >= 0.3 is 0 Å². The lowest BCUT2D eigenvalue weighted by molar-refractivity contribution is -0.163. The number of piperazine rings is 1. The Morgan fingerprint density at radius 1 is 0.959 bits per heavy atom. The third-order valence-electron chi connectivity index (χ3n) is 15.3. The van der Waals surface area contributed by atoms with Crippen LogP contribution in [0.5, 0.6) is 0 Å². The third kappa shape index (κ3) is 6.49. The molecule has 0 spiro atoms. The van der Waals surface area contributed by atoms with Gasteiger partial charge in [-0.05, 0) is 105 Å². The first-order valence-corrected chi connectivity index (χ1v) is 19.8. The number of benzene rings is 1. The SMILES string of the molecule is C#C[C@]1(O)CC[C@H]2[C@@H]3CCC4C[C@H](O)[C@@H](N5CCN(C(=O)[C@H](Cc6ccccc6)NC(=O)CC6CCCCC6)CC5)C[C@]4(C)[C@H]3CC[C@@]21C. The van der Waals surface area contributed by atoms with Crippen molar-refractivity contribution in [3.05, 3.63) is 35.9 Å². The van der Waals surface area contributed by atoms with Crippen LogP contribution in [0.3, 0.4) is 0 Å². The van der Waals surface area contributed by atoms with Crippen molar-refractivity contribution in [3.8, 4) is 12.3 Å². The van der Waals surface area contributed by atoms with Crippen LogP contribution in [0.15, 0.2) is 30.3 Å². The highest BCUT2D eigenvalue weighted by molar-refractivity contribution is 5.88. The number of nitrogens with one attached hydrogen (secondary N) is 1. The molecule has 6 fully saturated rings. The number of hydrogen-bond donors (Lipinski definition) is 3. The van der Waals surface area contributed by atoms with Crippen LogP contribution >= 0.6 is 0 Å². The lowest BCUT2D eigenvalue weighted by atomic mass is 9.44. The smallest absolute Gasteiger partial charge is 0.245 e. The Balaban J connectivity index is 1.00. The maximum Gasteiger partial charge on any atom is 0.245 e. The molecule has 3 N–H and O–H groups in total. The summed E-state index contributed by atoms with van der Waals surface area (Å²) in [6.45, 7) is 7.49. The van der Waals surface area contributed by atoms with E-state index >= 15 is 0 Å². The molecule has 49 heavy (non-hydrogen) atoms. The summed E-state index contributed by atoms with van der Waals surface area (Å²) in [5, 5.41) is 26.2. The Morgan fingerprint density at radius 2 is 1.67 bits per heavy atom. The molecule has 268 valence electrons. The highest BCUT2D eigenvalue weighted by Crippen LogP contribution is 2.68. The predicted octanol–water partition coefficient (Wildman–Crippen LogP) is 5.57. The molecule has 1 aliphatic heterocycles. The number of carbonyl (C=O) groups excluding carboxylic acids is 2. The van der Waals surface area contributed by atoms with Crippen LogP contribution in [0.2, 0.25) is 0 Å². The van der Waals surface area contributed by atoms with E-state index in [9.17, 15) is 19.8 Å². The molecule has 1 aromatic rings. The molecule has 5 saturated carbocycles. The van der Waals surface area contributed by atoms with E-state index in [0.29, 0.717) is 55.5 Å². The van der Waals surface area contributed by atoms with E-state index in [1.165, 1.54) is 25.7 Å². The second-order valence-corrected chi connectivity index (χ2v) is 17.6. The highest BCUT2D eigenvalue weighted by Gasteiger charge is 2.65. The number of aliphatic hydroxyl groups excluding tert-OH is 1. The lowest BCUT2D eigenvalue weighted by Gasteiger charge is -2.63. The molecule has 1 aromatic carbocycles. The van der Waals surface area contributed by atoms with Crippen LogP contribution in [0.25, 0.3) is 0 Å². The number of fused-ring (bicyclic) bond motifs is 5. The summed E-state index contributed by atoms with van der Waals surface area (Å²) in [4.78, 5) is 31.7. The minimum atomic E-state index is -0.985. The Bertz CT molecular complexity index is 1380. The fraction of sp³-hybridized carbons (Fsp3) is 0.762. The largest absolute Gasteiger partial charge is 0.391 e. The van der Waals surface area contributed by atoms with Gasteiger partial charge < -0.3 is 20.4 Å². The number of nitrogens with zero attached hydrogens (tertiary/aromatic N) is 2. The molecule has 1 heterocycles. The first-order chi connectivity index (χ1) is 23.5. The van der Waals surface area contributed by atoms with E-state index in [-0.39, 0.29) is 34.8 Å². The van der Waals surface area contributed by atoms with Gasteiger partial charge in [0.2, 0.25) is 11.8 Å². The molecular formula is C42H61N3O4. The second-order valence-electron chi connectivity index (χ2n) is 17.6.